The fourth-order valence-electron chi connectivity index (χ4n) is 0.880. The molecule has 0 bridgehead atoms. The molecular formula is C6H10F5O4P. The van der Waals surface area contributed by atoms with Gasteiger partial charge in [-0.1, -0.05) is 0 Å². The van der Waals surface area contributed by atoms with E-state index in [9.17, 15) is 26.5 Å². The van der Waals surface area contributed by atoms with Crippen molar-refractivity contribution in [2.45, 2.75) is 31.3 Å². The Kier molecular flexibility index (Phi) is 4.88. The van der Waals surface area contributed by atoms with Gasteiger partial charge in [-0.25, -0.2) is 8.96 Å². The first-order valence-electron chi connectivity index (χ1n) is 3.97. The van der Waals surface area contributed by atoms with Crippen molar-refractivity contribution in [3.8, 4) is 0 Å². The number of phosphoric ester groups is 1. The molecule has 0 rings (SSSR count). The normalized spacial score (nSPS) is 16.2. The van der Waals surface area contributed by atoms with E-state index in [-0.39, 0.29) is 0 Å². The Bertz CT molecular complexity index is 278. The molecule has 0 saturated heterocycles. The van der Waals surface area contributed by atoms with E-state index >= 15 is 0 Å². The summed E-state index contributed by atoms with van der Waals surface area (Å²) in [5.41, 5.74) is 0. The van der Waals surface area contributed by atoms with Crippen LogP contribution in [0.3, 0.4) is 0 Å². The third kappa shape index (κ3) is 4.73. The van der Waals surface area contributed by atoms with Gasteiger partial charge >= 0.3 is 19.7 Å². The summed E-state index contributed by atoms with van der Waals surface area (Å²) in [6.07, 6.45) is -3.54. The Morgan fingerprint density at radius 1 is 1.25 bits per heavy atom. The molecule has 0 amide bonds. The molecule has 0 aromatic rings. The van der Waals surface area contributed by atoms with Crippen molar-refractivity contribution in [3.63, 3.8) is 0 Å². The summed E-state index contributed by atoms with van der Waals surface area (Å²) in [4.78, 5) is 16.5. The third-order valence-corrected chi connectivity index (χ3v) is 2.20. The van der Waals surface area contributed by atoms with Gasteiger partial charge in [-0.2, -0.15) is 17.6 Å². The highest BCUT2D eigenvalue weighted by atomic mass is 31.2. The fourth-order valence-corrected chi connectivity index (χ4v) is 1.42. The molecule has 0 aliphatic rings. The van der Waals surface area contributed by atoms with Crippen LogP contribution in [0.1, 0.15) is 13.3 Å². The molecule has 0 spiro atoms. The van der Waals surface area contributed by atoms with Crippen LogP contribution in [0.25, 0.3) is 0 Å². The predicted molar refractivity (Wildman–Crippen MR) is 43.1 cm³/mol. The second-order valence-corrected chi connectivity index (χ2v) is 4.35. The Labute approximate surface area is 87.6 Å². The van der Waals surface area contributed by atoms with Crippen molar-refractivity contribution in [2.24, 2.45) is 0 Å². The third-order valence-electron chi connectivity index (χ3n) is 1.56. The van der Waals surface area contributed by atoms with E-state index in [1.54, 1.807) is 0 Å². The fraction of sp³-hybridized carbons (Fsp3) is 1.00. The molecule has 0 aromatic carbocycles. The minimum Gasteiger partial charge on any atom is -0.303 e. The quantitative estimate of drug-likeness (QED) is 0.574. The summed E-state index contributed by atoms with van der Waals surface area (Å²) >= 11 is 0. The van der Waals surface area contributed by atoms with E-state index in [1.165, 1.54) is 0 Å². The predicted octanol–water partition coefficient (Wildman–Crippen LogP) is 2.11. The van der Waals surface area contributed by atoms with Crippen molar-refractivity contribution >= 4 is 7.82 Å². The monoisotopic (exact) mass is 272 g/mol. The van der Waals surface area contributed by atoms with Gasteiger partial charge in [-0.05, 0) is 6.92 Å². The molecule has 2 N–H and O–H groups in total. The van der Waals surface area contributed by atoms with Crippen LogP contribution in [0.2, 0.25) is 0 Å². The van der Waals surface area contributed by atoms with Gasteiger partial charge in [-0.3, -0.25) is 4.52 Å². The topological polar surface area (TPSA) is 66.8 Å². The van der Waals surface area contributed by atoms with E-state index in [1.807, 2.05) is 0 Å². The largest absolute Gasteiger partial charge is 0.469 e. The van der Waals surface area contributed by atoms with E-state index in [2.05, 4.69) is 4.52 Å². The Hall–Kier alpha value is -0.240. The lowest BCUT2D eigenvalue weighted by molar-refractivity contribution is -0.225. The van der Waals surface area contributed by atoms with Crippen molar-refractivity contribution < 1.29 is 40.8 Å². The van der Waals surface area contributed by atoms with Crippen molar-refractivity contribution in [1.29, 1.82) is 0 Å². The summed E-state index contributed by atoms with van der Waals surface area (Å²) in [6, 6.07) is 0. The average Bonchev–Trinajstić information content (AvgIpc) is 1.98. The summed E-state index contributed by atoms with van der Waals surface area (Å²) in [5.74, 6) is -9.63. The van der Waals surface area contributed by atoms with Gasteiger partial charge in [0.2, 0.25) is 0 Å². The summed E-state index contributed by atoms with van der Waals surface area (Å²) < 4.78 is 75.7. The smallest absolute Gasteiger partial charge is 0.303 e. The van der Waals surface area contributed by atoms with Crippen LogP contribution >= 0.6 is 7.82 Å². The maximum atomic E-state index is 12.7. The van der Waals surface area contributed by atoms with E-state index < -0.39 is 38.9 Å². The lowest BCUT2D eigenvalue weighted by Crippen LogP contribution is -2.44. The molecule has 0 aromatic heterocycles. The zero-order valence-electron chi connectivity index (χ0n) is 8.04. The lowest BCUT2D eigenvalue weighted by atomic mass is 10.1. The van der Waals surface area contributed by atoms with Crippen LogP contribution in [-0.4, -0.2) is 34.4 Å². The van der Waals surface area contributed by atoms with Crippen LogP contribution in [0.4, 0.5) is 22.0 Å². The molecular weight excluding hydrogens is 262 g/mol. The van der Waals surface area contributed by atoms with Crippen LogP contribution in [0, 0.1) is 0 Å². The second-order valence-electron chi connectivity index (χ2n) is 3.15. The minimum absolute atomic E-state index is 0.765. The average molecular weight is 272 g/mol. The molecule has 98 valence electrons. The van der Waals surface area contributed by atoms with Gasteiger partial charge in [0.25, 0.3) is 0 Å². The highest BCUT2D eigenvalue weighted by Gasteiger charge is 2.57. The minimum atomic E-state index is -5.04. The van der Waals surface area contributed by atoms with Gasteiger partial charge in [-0.15, -0.1) is 0 Å². The number of halogens is 5. The van der Waals surface area contributed by atoms with Gasteiger partial charge < -0.3 is 9.79 Å². The molecule has 0 saturated carbocycles. The number of rotatable bonds is 6. The first-order chi connectivity index (χ1) is 6.91. The standard InChI is InChI=1S/C6H10F5O4P/c1-4(15-16(12,13)14)2-5(8,9)6(10,11)3-7/h4H,2-3H2,1H3,(H2,12,13,14). The molecule has 1 atom stereocenters. The van der Waals surface area contributed by atoms with Crippen LogP contribution in [0.15, 0.2) is 0 Å². The molecule has 16 heavy (non-hydrogen) atoms. The number of hydrogen-bond acceptors (Lipinski definition) is 2. The van der Waals surface area contributed by atoms with Crippen molar-refractivity contribution in [1.82, 2.24) is 0 Å². The maximum absolute atomic E-state index is 12.7. The van der Waals surface area contributed by atoms with Crippen LogP contribution < -0.4 is 0 Å². The Balaban J connectivity index is 4.54. The number of phosphoric acid groups is 1. The summed E-state index contributed by atoms with van der Waals surface area (Å²) in [7, 11) is -5.04. The van der Waals surface area contributed by atoms with E-state index in [0.29, 0.717) is 0 Å². The molecule has 0 aliphatic carbocycles. The van der Waals surface area contributed by atoms with Crippen molar-refractivity contribution in [3.05, 3.63) is 0 Å². The molecule has 0 aliphatic heterocycles. The number of alkyl halides is 5. The molecule has 4 nitrogen and oxygen atoms in total. The Morgan fingerprint density at radius 3 is 2.00 bits per heavy atom. The van der Waals surface area contributed by atoms with Crippen molar-refractivity contribution in [2.75, 3.05) is 6.67 Å². The van der Waals surface area contributed by atoms with Crippen LogP contribution in [-0.2, 0) is 9.09 Å². The molecule has 10 heteroatoms. The first-order valence-corrected chi connectivity index (χ1v) is 5.50. The zero-order valence-corrected chi connectivity index (χ0v) is 8.93. The molecule has 0 fully saturated rings. The molecule has 0 heterocycles. The zero-order chi connectivity index (χ0) is 13.2. The van der Waals surface area contributed by atoms with Crippen LogP contribution in [0.5, 0.6) is 0 Å². The number of hydrogen-bond donors (Lipinski definition) is 2. The second kappa shape index (κ2) is 4.95. The van der Waals surface area contributed by atoms with Gasteiger partial charge in [0.1, 0.15) is 0 Å². The van der Waals surface area contributed by atoms with Gasteiger partial charge in [0.15, 0.2) is 6.67 Å². The highest BCUT2D eigenvalue weighted by molar-refractivity contribution is 7.46. The lowest BCUT2D eigenvalue weighted by Gasteiger charge is -2.26. The van der Waals surface area contributed by atoms with E-state index in [4.69, 9.17) is 9.79 Å². The summed E-state index contributed by atoms with van der Waals surface area (Å²) in [5, 5.41) is 0. The molecule has 0 radical (unpaired) electrons. The first kappa shape index (κ1) is 15.8. The molecule has 1 unspecified atom stereocenters. The van der Waals surface area contributed by atoms with Gasteiger partial charge in [0.05, 0.1) is 6.10 Å². The van der Waals surface area contributed by atoms with Gasteiger partial charge in [0, 0.05) is 6.42 Å². The SMILES string of the molecule is CC(CC(F)(F)C(F)(F)CF)OP(=O)(O)O. The van der Waals surface area contributed by atoms with E-state index in [0.717, 1.165) is 6.92 Å². The highest BCUT2D eigenvalue weighted by Crippen LogP contribution is 2.43. The maximum Gasteiger partial charge on any atom is 0.469 e. The Morgan fingerprint density at radius 2 is 1.69 bits per heavy atom. The summed E-state index contributed by atoms with van der Waals surface area (Å²) in [6.45, 7) is -1.80.